The first-order valence-electron chi connectivity index (χ1n) is 11.2. The summed E-state index contributed by atoms with van der Waals surface area (Å²) in [5, 5.41) is 2.79. The average Bonchev–Trinajstić information content (AvgIpc) is 2.77. The lowest BCUT2D eigenvalue weighted by Gasteiger charge is -2.26. The van der Waals surface area contributed by atoms with E-state index in [4.69, 9.17) is 9.47 Å². The van der Waals surface area contributed by atoms with Gasteiger partial charge in [0.05, 0.1) is 12.9 Å². The molecule has 1 aliphatic heterocycles. The Morgan fingerprint density at radius 1 is 1.09 bits per heavy atom. The molecule has 0 aromatic heterocycles. The SMILES string of the molecule is CCOc1cc(C(=O)NCCCN(CC)S(C)(=O)=O)ccc1OCC(=O)N1CCCCC1. The third-order valence-corrected chi connectivity index (χ3v) is 6.64. The van der Waals surface area contributed by atoms with E-state index in [1.165, 1.54) is 10.6 Å². The highest BCUT2D eigenvalue weighted by Crippen LogP contribution is 2.28. The van der Waals surface area contributed by atoms with Crippen molar-refractivity contribution in [3.63, 3.8) is 0 Å². The number of sulfonamides is 1. The monoisotopic (exact) mass is 469 g/mol. The van der Waals surface area contributed by atoms with Crippen LogP contribution in [0.2, 0.25) is 0 Å². The molecule has 0 atom stereocenters. The van der Waals surface area contributed by atoms with Gasteiger partial charge < -0.3 is 19.7 Å². The van der Waals surface area contributed by atoms with E-state index in [9.17, 15) is 18.0 Å². The Bertz CT molecular complexity index is 868. The van der Waals surface area contributed by atoms with Crippen LogP contribution in [0.5, 0.6) is 11.5 Å². The molecule has 1 N–H and O–H groups in total. The normalized spacial score (nSPS) is 14.3. The van der Waals surface area contributed by atoms with Crippen molar-refractivity contribution in [2.75, 3.05) is 52.2 Å². The molecular formula is C22H35N3O6S. The summed E-state index contributed by atoms with van der Waals surface area (Å²) >= 11 is 0. The fourth-order valence-electron chi connectivity index (χ4n) is 3.53. The lowest BCUT2D eigenvalue weighted by Crippen LogP contribution is -2.38. The van der Waals surface area contributed by atoms with Gasteiger partial charge in [-0.2, -0.15) is 0 Å². The molecule has 10 heteroatoms. The van der Waals surface area contributed by atoms with E-state index in [0.29, 0.717) is 49.7 Å². The third kappa shape index (κ3) is 7.98. The number of carbonyl (C=O) groups excluding carboxylic acids is 2. The second kappa shape index (κ2) is 12.6. The highest BCUT2D eigenvalue weighted by Gasteiger charge is 2.19. The summed E-state index contributed by atoms with van der Waals surface area (Å²) in [5.41, 5.74) is 0.401. The van der Waals surface area contributed by atoms with E-state index in [2.05, 4.69) is 5.32 Å². The Hall–Kier alpha value is -2.33. The molecule has 0 spiro atoms. The number of ether oxygens (including phenoxy) is 2. The molecule has 0 unspecified atom stereocenters. The smallest absolute Gasteiger partial charge is 0.260 e. The van der Waals surface area contributed by atoms with Gasteiger partial charge in [-0.15, -0.1) is 0 Å². The number of nitrogens with zero attached hydrogens (tertiary/aromatic N) is 2. The molecule has 1 heterocycles. The molecule has 9 nitrogen and oxygen atoms in total. The van der Waals surface area contributed by atoms with Crippen molar-refractivity contribution in [1.82, 2.24) is 14.5 Å². The molecule has 32 heavy (non-hydrogen) atoms. The Morgan fingerprint density at radius 2 is 1.81 bits per heavy atom. The summed E-state index contributed by atoms with van der Waals surface area (Å²) in [5.74, 6) is 0.481. The molecule has 180 valence electrons. The van der Waals surface area contributed by atoms with Crippen LogP contribution in [0.15, 0.2) is 18.2 Å². The second-order valence-corrected chi connectivity index (χ2v) is 9.67. The summed E-state index contributed by atoms with van der Waals surface area (Å²) in [7, 11) is -3.24. The number of carbonyl (C=O) groups is 2. The first kappa shape index (κ1) is 25.9. The van der Waals surface area contributed by atoms with Crippen LogP contribution in [0.3, 0.4) is 0 Å². The zero-order valence-electron chi connectivity index (χ0n) is 19.3. The Kier molecular flexibility index (Phi) is 10.2. The summed E-state index contributed by atoms with van der Waals surface area (Å²) in [6.45, 7) is 6.54. The lowest BCUT2D eigenvalue weighted by atomic mass is 10.1. The zero-order chi connectivity index (χ0) is 23.6. The van der Waals surface area contributed by atoms with Crippen molar-refractivity contribution >= 4 is 21.8 Å². The van der Waals surface area contributed by atoms with E-state index < -0.39 is 10.0 Å². The molecule has 2 amide bonds. The van der Waals surface area contributed by atoms with Crippen molar-refractivity contribution in [2.45, 2.75) is 39.5 Å². The maximum atomic E-state index is 12.5. The predicted octanol–water partition coefficient (Wildman–Crippen LogP) is 1.88. The maximum absolute atomic E-state index is 12.5. The van der Waals surface area contributed by atoms with E-state index >= 15 is 0 Å². The van der Waals surface area contributed by atoms with E-state index in [1.807, 2.05) is 11.8 Å². The van der Waals surface area contributed by atoms with Crippen molar-refractivity contribution in [1.29, 1.82) is 0 Å². The molecule has 1 aromatic rings. The Labute approximate surface area is 191 Å². The molecule has 0 aliphatic carbocycles. The molecule has 1 saturated heterocycles. The van der Waals surface area contributed by atoms with Gasteiger partial charge in [-0.25, -0.2) is 12.7 Å². The molecule has 2 rings (SSSR count). The quantitative estimate of drug-likeness (QED) is 0.469. The minimum absolute atomic E-state index is 0.0517. The van der Waals surface area contributed by atoms with Crippen molar-refractivity contribution in [2.24, 2.45) is 0 Å². The van der Waals surface area contributed by atoms with Gasteiger partial charge in [0.1, 0.15) is 0 Å². The highest BCUT2D eigenvalue weighted by molar-refractivity contribution is 7.88. The molecule has 0 bridgehead atoms. The Morgan fingerprint density at radius 3 is 2.44 bits per heavy atom. The van der Waals surface area contributed by atoms with Crippen LogP contribution < -0.4 is 14.8 Å². The summed E-state index contributed by atoms with van der Waals surface area (Å²) < 4.78 is 35.9. The Balaban J connectivity index is 1.91. The van der Waals surface area contributed by atoms with Crippen LogP contribution in [0, 0.1) is 0 Å². The van der Waals surface area contributed by atoms with Gasteiger partial charge in [0.15, 0.2) is 18.1 Å². The van der Waals surface area contributed by atoms with Gasteiger partial charge in [0, 0.05) is 38.3 Å². The molecule has 0 radical (unpaired) electrons. The summed E-state index contributed by atoms with van der Waals surface area (Å²) in [4.78, 5) is 26.7. The van der Waals surface area contributed by atoms with E-state index in [0.717, 1.165) is 32.4 Å². The summed E-state index contributed by atoms with van der Waals surface area (Å²) in [6.07, 6.45) is 4.87. The molecular weight excluding hydrogens is 434 g/mol. The topological polar surface area (TPSA) is 105 Å². The standard InChI is InChI=1S/C22H35N3O6S/c1-4-25(32(3,28)29)15-9-12-23-22(27)18-10-11-19(20(16-18)30-5-2)31-17-21(26)24-13-7-6-8-14-24/h10-11,16H,4-9,12-15,17H2,1-3H3,(H,23,27). The number of likely N-dealkylation sites (tertiary alicyclic amines) is 1. The maximum Gasteiger partial charge on any atom is 0.260 e. The van der Waals surface area contributed by atoms with Gasteiger partial charge in [-0.3, -0.25) is 9.59 Å². The number of hydrogen-bond acceptors (Lipinski definition) is 6. The average molecular weight is 470 g/mol. The third-order valence-electron chi connectivity index (χ3n) is 5.26. The number of piperidine rings is 1. The lowest BCUT2D eigenvalue weighted by molar-refractivity contribution is -0.134. The van der Waals surface area contributed by atoms with Crippen molar-refractivity contribution < 1.29 is 27.5 Å². The van der Waals surface area contributed by atoms with Crippen LogP contribution in [-0.2, 0) is 14.8 Å². The molecule has 1 aliphatic rings. The van der Waals surface area contributed by atoms with Gasteiger partial charge in [0.25, 0.3) is 11.8 Å². The van der Waals surface area contributed by atoms with Gasteiger partial charge in [-0.1, -0.05) is 6.92 Å². The molecule has 0 saturated carbocycles. The summed E-state index contributed by atoms with van der Waals surface area (Å²) in [6, 6.07) is 4.84. The minimum atomic E-state index is -3.24. The number of hydrogen-bond donors (Lipinski definition) is 1. The van der Waals surface area contributed by atoms with Crippen molar-refractivity contribution in [3.05, 3.63) is 23.8 Å². The number of benzene rings is 1. The zero-order valence-corrected chi connectivity index (χ0v) is 20.1. The van der Waals surface area contributed by atoms with Crippen LogP contribution in [0.1, 0.15) is 49.9 Å². The number of amides is 2. The number of rotatable bonds is 12. The highest BCUT2D eigenvalue weighted by atomic mass is 32.2. The van der Waals surface area contributed by atoms with Crippen molar-refractivity contribution in [3.8, 4) is 11.5 Å². The second-order valence-electron chi connectivity index (χ2n) is 7.69. The minimum Gasteiger partial charge on any atom is -0.490 e. The van der Waals surface area contributed by atoms with Crippen LogP contribution in [0.4, 0.5) is 0 Å². The van der Waals surface area contributed by atoms with E-state index in [1.54, 1.807) is 25.1 Å². The fourth-order valence-corrected chi connectivity index (χ4v) is 4.46. The van der Waals surface area contributed by atoms with Gasteiger partial charge in [-0.05, 0) is 50.8 Å². The van der Waals surface area contributed by atoms with Crippen LogP contribution >= 0.6 is 0 Å². The number of nitrogens with one attached hydrogen (secondary N) is 1. The largest absolute Gasteiger partial charge is 0.490 e. The van der Waals surface area contributed by atoms with Gasteiger partial charge in [0.2, 0.25) is 10.0 Å². The van der Waals surface area contributed by atoms with Crippen LogP contribution in [-0.4, -0.2) is 81.6 Å². The first-order chi connectivity index (χ1) is 15.3. The van der Waals surface area contributed by atoms with Gasteiger partial charge >= 0.3 is 0 Å². The van der Waals surface area contributed by atoms with E-state index in [-0.39, 0.29) is 18.4 Å². The molecule has 1 fully saturated rings. The fraction of sp³-hybridized carbons (Fsp3) is 0.636. The molecule has 1 aromatic carbocycles. The first-order valence-corrected chi connectivity index (χ1v) is 13.0. The predicted molar refractivity (Wildman–Crippen MR) is 123 cm³/mol. The van der Waals surface area contributed by atoms with Crippen LogP contribution in [0.25, 0.3) is 0 Å².